The van der Waals surface area contributed by atoms with Gasteiger partial charge in [-0.2, -0.15) is 0 Å². The predicted molar refractivity (Wildman–Crippen MR) is 79.8 cm³/mol. The van der Waals surface area contributed by atoms with Crippen molar-refractivity contribution in [1.29, 1.82) is 0 Å². The van der Waals surface area contributed by atoms with Gasteiger partial charge in [-0.05, 0) is 19.5 Å². The van der Waals surface area contributed by atoms with Gasteiger partial charge in [0.25, 0.3) is 0 Å². The summed E-state index contributed by atoms with van der Waals surface area (Å²) in [6.45, 7) is 3.96. The van der Waals surface area contributed by atoms with E-state index in [1.807, 2.05) is 18.2 Å². The number of ketones is 1. The number of hydrogen-bond acceptors (Lipinski definition) is 2. The maximum Gasteiger partial charge on any atom is 0.206 e. The number of benzene rings is 1. The quantitative estimate of drug-likeness (QED) is 0.860. The Bertz CT molecular complexity index is 753. The van der Waals surface area contributed by atoms with Gasteiger partial charge >= 0.3 is 0 Å². The molecule has 0 fully saturated rings. The Hall–Kier alpha value is -1.87. The summed E-state index contributed by atoms with van der Waals surface area (Å²) in [6, 6.07) is 8.20. The summed E-state index contributed by atoms with van der Waals surface area (Å²) in [5, 5.41) is 1.18. The van der Waals surface area contributed by atoms with Crippen LogP contribution in [-0.2, 0) is 6.54 Å². The van der Waals surface area contributed by atoms with Crippen LogP contribution < -0.4 is 0 Å². The monoisotopic (exact) mass is 266 g/mol. The Kier molecular flexibility index (Phi) is 2.42. The summed E-state index contributed by atoms with van der Waals surface area (Å²) in [5.41, 5.74) is 5.44. The number of Topliss-reactive ketones (excluding diaryl/α,β-unsaturated/α-hetero) is 1. The highest BCUT2D eigenvalue weighted by Gasteiger charge is 2.43. The third-order valence-corrected chi connectivity index (χ3v) is 4.62. The van der Waals surface area contributed by atoms with E-state index in [1.54, 1.807) is 0 Å². The molecule has 0 saturated carbocycles. The largest absolute Gasteiger partial charge is 0.352 e. The molecule has 1 aromatic carbocycles. The summed E-state index contributed by atoms with van der Waals surface area (Å²) in [6.07, 6.45) is 0.995. The van der Waals surface area contributed by atoms with E-state index in [0.29, 0.717) is 5.92 Å². The second-order valence-corrected chi connectivity index (χ2v) is 5.90. The molecule has 2 aromatic rings. The van der Waals surface area contributed by atoms with Gasteiger partial charge in [0.1, 0.15) is 0 Å². The van der Waals surface area contributed by atoms with Crippen LogP contribution in [0.25, 0.3) is 10.9 Å². The normalized spacial score (nSPS) is 22.5. The fourth-order valence-electron chi connectivity index (χ4n) is 3.60. The fraction of sp³-hybridized carbons (Fsp3) is 0.353. The molecular weight excluding hydrogens is 248 g/mol. The van der Waals surface area contributed by atoms with Crippen LogP contribution in [0.4, 0.5) is 0 Å². The van der Waals surface area contributed by atoms with E-state index in [9.17, 15) is 4.79 Å². The average Bonchev–Trinajstić information content (AvgIpc) is 3.01. The lowest BCUT2D eigenvalue weighted by atomic mass is 10.0. The highest BCUT2D eigenvalue weighted by molar-refractivity contribution is 6.15. The van der Waals surface area contributed by atoms with Crippen molar-refractivity contribution in [3.05, 3.63) is 46.7 Å². The van der Waals surface area contributed by atoms with E-state index in [2.05, 4.69) is 29.9 Å². The first-order valence-electron chi connectivity index (χ1n) is 7.26. The van der Waals surface area contributed by atoms with Gasteiger partial charge in [-0.25, -0.2) is 0 Å². The summed E-state index contributed by atoms with van der Waals surface area (Å²) < 4.78 is 0. The lowest BCUT2D eigenvalue weighted by Crippen LogP contribution is -2.25. The van der Waals surface area contributed by atoms with E-state index >= 15 is 0 Å². The molecular formula is C17H18N2O. The van der Waals surface area contributed by atoms with Gasteiger partial charge in [-0.3, -0.25) is 4.79 Å². The van der Waals surface area contributed by atoms with Crippen molar-refractivity contribution in [1.82, 2.24) is 9.88 Å². The van der Waals surface area contributed by atoms with Crippen LogP contribution in [0.5, 0.6) is 0 Å². The van der Waals surface area contributed by atoms with Crippen molar-refractivity contribution in [3.8, 4) is 0 Å². The number of para-hydroxylation sites is 1. The molecule has 2 aliphatic rings. The van der Waals surface area contributed by atoms with Crippen molar-refractivity contribution < 1.29 is 4.79 Å². The number of rotatable bonds is 1. The van der Waals surface area contributed by atoms with Gasteiger partial charge < -0.3 is 9.88 Å². The SMILES string of the molecule is CCC1=C2C(=O)c3[nH]c4ccccc4c3CN(C)CC12. The van der Waals surface area contributed by atoms with Crippen LogP contribution >= 0.6 is 0 Å². The van der Waals surface area contributed by atoms with Gasteiger partial charge in [-0.15, -0.1) is 0 Å². The van der Waals surface area contributed by atoms with E-state index < -0.39 is 0 Å². The lowest BCUT2D eigenvalue weighted by Gasteiger charge is -2.20. The second-order valence-electron chi connectivity index (χ2n) is 5.90. The molecule has 1 aliphatic carbocycles. The minimum atomic E-state index is 0.228. The minimum Gasteiger partial charge on any atom is -0.352 e. The number of carbonyl (C=O) groups excluding carboxylic acids is 1. The standard InChI is InChI=1S/C17H18N2O/c1-3-10-12-8-19(2)9-13-11-6-4-5-7-14(11)18-16(13)17(20)15(10)12/h4-7,12,18H,3,8-9H2,1-2H3. The highest BCUT2D eigenvalue weighted by Crippen LogP contribution is 2.46. The van der Waals surface area contributed by atoms with Crippen LogP contribution in [-0.4, -0.2) is 29.3 Å². The van der Waals surface area contributed by atoms with Gasteiger partial charge in [0.15, 0.2) is 0 Å². The molecule has 3 nitrogen and oxygen atoms in total. The van der Waals surface area contributed by atoms with E-state index in [-0.39, 0.29) is 5.78 Å². The molecule has 4 rings (SSSR count). The number of nitrogens with one attached hydrogen (secondary N) is 1. The van der Waals surface area contributed by atoms with Crippen molar-refractivity contribution in [3.63, 3.8) is 0 Å². The van der Waals surface area contributed by atoms with Gasteiger partial charge in [-0.1, -0.05) is 30.7 Å². The molecule has 0 amide bonds. The first-order chi connectivity index (χ1) is 9.70. The molecule has 3 heteroatoms. The molecule has 102 valence electrons. The topological polar surface area (TPSA) is 36.1 Å². The Morgan fingerprint density at radius 2 is 2.15 bits per heavy atom. The second kappa shape index (κ2) is 4.06. The highest BCUT2D eigenvalue weighted by atomic mass is 16.1. The third kappa shape index (κ3) is 1.53. The van der Waals surface area contributed by atoms with Crippen molar-refractivity contribution in [2.75, 3.05) is 13.6 Å². The Labute approximate surface area is 118 Å². The van der Waals surface area contributed by atoms with Gasteiger partial charge in [0, 0.05) is 41.0 Å². The van der Waals surface area contributed by atoms with Crippen LogP contribution in [0, 0.1) is 5.92 Å². The lowest BCUT2D eigenvalue weighted by molar-refractivity contribution is 0.102. The zero-order chi connectivity index (χ0) is 13.9. The fourth-order valence-corrected chi connectivity index (χ4v) is 3.60. The summed E-state index contributed by atoms with van der Waals surface area (Å²) in [4.78, 5) is 18.4. The van der Waals surface area contributed by atoms with E-state index in [4.69, 9.17) is 0 Å². The number of carbonyl (C=O) groups is 1. The molecule has 0 spiro atoms. The first-order valence-corrected chi connectivity index (χ1v) is 7.26. The molecule has 1 unspecified atom stereocenters. The van der Waals surface area contributed by atoms with E-state index in [1.165, 1.54) is 11.0 Å². The number of fused-ring (bicyclic) bond motifs is 4. The van der Waals surface area contributed by atoms with Crippen molar-refractivity contribution >= 4 is 16.7 Å². The number of aromatic nitrogens is 1. The van der Waals surface area contributed by atoms with Crippen LogP contribution in [0.1, 0.15) is 29.4 Å². The average molecular weight is 266 g/mol. The first kappa shape index (κ1) is 11.9. The molecule has 0 bridgehead atoms. The summed E-state index contributed by atoms with van der Waals surface area (Å²) in [7, 11) is 2.14. The predicted octanol–water partition coefficient (Wildman–Crippen LogP) is 3.13. The number of nitrogens with zero attached hydrogens (tertiary/aromatic N) is 1. The zero-order valence-corrected chi connectivity index (χ0v) is 11.9. The Morgan fingerprint density at radius 1 is 1.35 bits per heavy atom. The Morgan fingerprint density at radius 3 is 2.95 bits per heavy atom. The van der Waals surface area contributed by atoms with Crippen molar-refractivity contribution in [2.45, 2.75) is 19.9 Å². The maximum atomic E-state index is 12.8. The molecule has 0 saturated heterocycles. The summed E-state index contributed by atoms with van der Waals surface area (Å²) >= 11 is 0. The van der Waals surface area contributed by atoms with Crippen LogP contribution in [0.2, 0.25) is 0 Å². The summed E-state index contributed by atoms with van der Waals surface area (Å²) in [5.74, 6) is 0.628. The van der Waals surface area contributed by atoms with E-state index in [0.717, 1.165) is 41.9 Å². The molecule has 1 aliphatic heterocycles. The molecule has 1 N–H and O–H groups in total. The molecule has 0 radical (unpaired) electrons. The van der Waals surface area contributed by atoms with Crippen LogP contribution in [0.3, 0.4) is 0 Å². The molecule has 2 heterocycles. The Balaban J connectivity index is 1.93. The number of H-pyrrole nitrogens is 1. The third-order valence-electron chi connectivity index (χ3n) is 4.62. The zero-order valence-electron chi connectivity index (χ0n) is 11.9. The van der Waals surface area contributed by atoms with Gasteiger partial charge in [0.05, 0.1) is 5.69 Å². The smallest absolute Gasteiger partial charge is 0.206 e. The maximum absolute atomic E-state index is 12.8. The molecule has 1 atom stereocenters. The van der Waals surface area contributed by atoms with Crippen LogP contribution in [0.15, 0.2) is 35.4 Å². The van der Waals surface area contributed by atoms with Crippen molar-refractivity contribution in [2.24, 2.45) is 5.92 Å². The number of aromatic amines is 1. The van der Waals surface area contributed by atoms with Gasteiger partial charge in [0.2, 0.25) is 5.78 Å². The number of hydrogen-bond donors (Lipinski definition) is 1. The molecule has 20 heavy (non-hydrogen) atoms. The minimum absolute atomic E-state index is 0.228. The molecule has 1 aromatic heterocycles.